The third-order valence-electron chi connectivity index (χ3n) is 6.15. The first-order valence-electron chi connectivity index (χ1n) is 9.60. The van der Waals surface area contributed by atoms with Crippen LogP contribution in [0.4, 0.5) is 18.9 Å². The molecule has 28 heavy (non-hydrogen) atoms. The van der Waals surface area contributed by atoms with E-state index < -0.39 is 12.3 Å². The minimum Gasteiger partial charge on any atom is -0.497 e. The van der Waals surface area contributed by atoms with E-state index in [1.165, 1.54) is 19.2 Å². The van der Waals surface area contributed by atoms with Crippen molar-refractivity contribution in [2.45, 2.75) is 51.3 Å². The summed E-state index contributed by atoms with van der Waals surface area (Å²) in [6.45, 7) is 1.50. The van der Waals surface area contributed by atoms with Crippen molar-refractivity contribution in [3.05, 3.63) is 18.2 Å². The fourth-order valence-corrected chi connectivity index (χ4v) is 4.53. The Hall–Kier alpha value is -2.12. The summed E-state index contributed by atoms with van der Waals surface area (Å²) in [6, 6.07) is 4.36. The van der Waals surface area contributed by atoms with Crippen molar-refractivity contribution in [3.63, 3.8) is 0 Å². The highest BCUT2D eigenvalue weighted by molar-refractivity contribution is 5.67. The van der Waals surface area contributed by atoms with E-state index in [1.807, 2.05) is 0 Å². The zero-order chi connectivity index (χ0) is 20.4. The molecule has 0 atom stereocenters. The van der Waals surface area contributed by atoms with Gasteiger partial charge in [-0.25, -0.2) is 0 Å². The summed E-state index contributed by atoms with van der Waals surface area (Å²) >= 11 is 0. The smallest absolute Gasteiger partial charge is 0.497 e. The molecule has 1 saturated carbocycles. The number of ether oxygens (including phenoxy) is 2. The van der Waals surface area contributed by atoms with Gasteiger partial charge >= 0.3 is 12.3 Å². The first-order valence-corrected chi connectivity index (χ1v) is 9.60. The minimum atomic E-state index is -4.75. The zero-order valence-corrected chi connectivity index (χ0v) is 15.9. The van der Waals surface area contributed by atoms with Gasteiger partial charge in [-0.3, -0.25) is 4.79 Å². The van der Waals surface area contributed by atoms with Crippen molar-refractivity contribution < 1.29 is 32.5 Å². The van der Waals surface area contributed by atoms with Gasteiger partial charge in [-0.05, 0) is 49.9 Å². The molecule has 3 rings (SSSR count). The van der Waals surface area contributed by atoms with Crippen LogP contribution in [0.5, 0.6) is 11.5 Å². The largest absolute Gasteiger partial charge is 0.573 e. The molecule has 1 aliphatic heterocycles. The van der Waals surface area contributed by atoms with E-state index in [4.69, 9.17) is 9.84 Å². The molecule has 1 saturated heterocycles. The first kappa shape index (κ1) is 20.6. The number of nitrogens with zero attached hydrogens (tertiary/aromatic N) is 1. The Labute approximate surface area is 162 Å². The lowest BCUT2D eigenvalue weighted by molar-refractivity contribution is -0.274. The Morgan fingerprint density at radius 3 is 2.29 bits per heavy atom. The topological polar surface area (TPSA) is 59.0 Å². The molecule has 0 aromatic heterocycles. The summed E-state index contributed by atoms with van der Waals surface area (Å²) in [5.74, 6) is -0.421. The van der Waals surface area contributed by atoms with Gasteiger partial charge in [-0.1, -0.05) is 0 Å². The monoisotopic (exact) mass is 401 g/mol. The lowest BCUT2D eigenvalue weighted by atomic mass is 9.65. The Morgan fingerprint density at radius 2 is 1.75 bits per heavy atom. The third-order valence-corrected chi connectivity index (χ3v) is 6.15. The van der Waals surface area contributed by atoms with E-state index >= 15 is 0 Å². The van der Waals surface area contributed by atoms with Gasteiger partial charge in [-0.15, -0.1) is 13.2 Å². The Morgan fingerprint density at radius 1 is 1.14 bits per heavy atom. The second-order valence-electron chi connectivity index (χ2n) is 7.94. The van der Waals surface area contributed by atoms with Gasteiger partial charge in [0.2, 0.25) is 0 Å². The van der Waals surface area contributed by atoms with Crippen molar-refractivity contribution in [3.8, 4) is 11.5 Å². The molecule has 1 aromatic rings. The Balaban J connectivity index is 1.63. The van der Waals surface area contributed by atoms with Gasteiger partial charge in [0.25, 0.3) is 0 Å². The molecule has 1 N–H and O–H groups in total. The molecular formula is C20H26F3NO4. The number of methoxy groups -OCH3 is 1. The molecule has 156 valence electrons. The molecule has 1 aromatic carbocycles. The minimum absolute atomic E-state index is 0.232. The van der Waals surface area contributed by atoms with E-state index in [0.29, 0.717) is 11.4 Å². The van der Waals surface area contributed by atoms with Crippen molar-refractivity contribution in [1.82, 2.24) is 0 Å². The first-order chi connectivity index (χ1) is 13.2. The molecule has 0 unspecified atom stereocenters. The number of piperidine rings is 1. The summed E-state index contributed by atoms with van der Waals surface area (Å²) < 4.78 is 47.0. The molecule has 2 fully saturated rings. The van der Waals surface area contributed by atoms with Crippen LogP contribution >= 0.6 is 0 Å². The van der Waals surface area contributed by atoms with Crippen LogP contribution in [0, 0.1) is 11.3 Å². The van der Waals surface area contributed by atoms with E-state index in [2.05, 4.69) is 9.64 Å². The summed E-state index contributed by atoms with van der Waals surface area (Å²) in [6.07, 6.45) is 1.35. The number of rotatable bonds is 5. The third kappa shape index (κ3) is 5.23. The molecule has 0 amide bonds. The summed E-state index contributed by atoms with van der Waals surface area (Å²) in [5.41, 5.74) is 0.892. The second kappa shape index (κ2) is 8.09. The highest BCUT2D eigenvalue weighted by Gasteiger charge is 2.38. The normalized spacial score (nSPS) is 20.2. The Kier molecular flexibility index (Phi) is 5.95. The molecule has 1 heterocycles. The number of hydrogen-bond acceptors (Lipinski definition) is 4. The summed E-state index contributed by atoms with van der Waals surface area (Å²) in [4.78, 5) is 13.0. The number of aliphatic carboxylic acids is 1. The number of carbonyl (C=O) groups is 1. The van der Waals surface area contributed by atoms with Crippen LogP contribution in [0.2, 0.25) is 0 Å². The van der Waals surface area contributed by atoms with Crippen LogP contribution in [0.15, 0.2) is 18.2 Å². The lowest BCUT2D eigenvalue weighted by Gasteiger charge is -2.46. The van der Waals surface area contributed by atoms with E-state index in [1.54, 1.807) is 6.07 Å². The molecule has 8 heteroatoms. The zero-order valence-electron chi connectivity index (χ0n) is 15.9. The lowest BCUT2D eigenvalue weighted by Crippen LogP contribution is -2.42. The number of carboxylic acid groups (broad SMARTS) is 1. The molecule has 1 spiro atoms. The molecule has 2 aliphatic rings. The average molecular weight is 401 g/mol. The van der Waals surface area contributed by atoms with Crippen LogP contribution in [0.3, 0.4) is 0 Å². The van der Waals surface area contributed by atoms with Crippen molar-refractivity contribution in [2.24, 2.45) is 11.3 Å². The number of hydrogen-bond donors (Lipinski definition) is 1. The van der Waals surface area contributed by atoms with Crippen LogP contribution < -0.4 is 14.4 Å². The maximum absolute atomic E-state index is 12.6. The summed E-state index contributed by atoms with van der Waals surface area (Å²) in [7, 11) is 1.41. The summed E-state index contributed by atoms with van der Waals surface area (Å²) in [5, 5.41) is 8.97. The van der Waals surface area contributed by atoms with Crippen molar-refractivity contribution in [2.75, 3.05) is 25.1 Å². The van der Waals surface area contributed by atoms with E-state index in [9.17, 15) is 18.0 Å². The maximum atomic E-state index is 12.6. The highest BCUT2D eigenvalue weighted by Crippen LogP contribution is 2.47. The second-order valence-corrected chi connectivity index (χ2v) is 7.94. The van der Waals surface area contributed by atoms with Gasteiger partial charge in [0.1, 0.15) is 11.5 Å². The number of alkyl halides is 3. The van der Waals surface area contributed by atoms with Crippen LogP contribution in [0.25, 0.3) is 0 Å². The standard InChI is InChI=1S/C20H26F3NO4/c1-27-16-11-15(12-17(13-16)28-20(21,22)23)24-8-6-19(7-9-24)4-2-14(3-5-19)10-18(25)26/h11-14H,2-10H2,1H3,(H,25,26). The molecule has 1 aliphatic carbocycles. The number of carboxylic acids is 1. The molecule has 0 bridgehead atoms. The fourth-order valence-electron chi connectivity index (χ4n) is 4.53. The molecule has 0 radical (unpaired) electrons. The molecular weight excluding hydrogens is 375 g/mol. The molecule has 5 nitrogen and oxygen atoms in total. The van der Waals surface area contributed by atoms with Crippen LogP contribution in [-0.2, 0) is 4.79 Å². The fraction of sp³-hybridized carbons (Fsp3) is 0.650. The highest BCUT2D eigenvalue weighted by atomic mass is 19.4. The number of benzene rings is 1. The van der Waals surface area contributed by atoms with Crippen molar-refractivity contribution >= 4 is 11.7 Å². The van der Waals surface area contributed by atoms with Gasteiger partial charge in [0.05, 0.1) is 7.11 Å². The van der Waals surface area contributed by atoms with E-state index in [-0.39, 0.29) is 23.5 Å². The SMILES string of the molecule is COc1cc(OC(F)(F)F)cc(N2CCC3(CCC(CC(=O)O)CC3)CC2)c1. The van der Waals surface area contributed by atoms with Gasteiger partial charge in [-0.2, -0.15) is 0 Å². The quantitative estimate of drug-likeness (QED) is 0.765. The maximum Gasteiger partial charge on any atom is 0.573 e. The van der Waals surface area contributed by atoms with Crippen molar-refractivity contribution in [1.29, 1.82) is 0 Å². The predicted molar refractivity (Wildman–Crippen MR) is 97.8 cm³/mol. The van der Waals surface area contributed by atoms with Gasteiger partial charge in [0.15, 0.2) is 0 Å². The predicted octanol–water partition coefficient (Wildman–Crippen LogP) is 4.85. The number of halogens is 3. The van der Waals surface area contributed by atoms with Crippen LogP contribution in [0.1, 0.15) is 44.9 Å². The van der Waals surface area contributed by atoms with Crippen LogP contribution in [-0.4, -0.2) is 37.6 Å². The van der Waals surface area contributed by atoms with Gasteiger partial charge < -0.3 is 19.5 Å². The van der Waals surface area contributed by atoms with E-state index in [0.717, 1.165) is 51.6 Å². The average Bonchev–Trinajstić information content (AvgIpc) is 2.62. The Bertz CT molecular complexity index is 689. The number of anilines is 1. The van der Waals surface area contributed by atoms with Gasteiger partial charge in [0, 0.05) is 43.4 Å².